The molecular weight excluding hydrogens is 535 g/mol. The number of hydrogen-bond donors (Lipinski definition) is 1. The predicted octanol–water partition coefficient (Wildman–Crippen LogP) is 6.70. The van der Waals surface area contributed by atoms with Gasteiger partial charge in [0.2, 0.25) is 0 Å². The van der Waals surface area contributed by atoms with E-state index < -0.39 is 23.4 Å². The second kappa shape index (κ2) is 10.7. The summed E-state index contributed by atoms with van der Waals surface area (Å²) >= 11 is 5.75. The molecule has 0 radical (unpaired) electrons. The number of nitrogens with zero attached hydrogens (tertiary/aromatic N) is 3. The standard InChI is InChI=1S/C28H19ClF3N3O4/c1-35-24-9-16(28(36)37)8-23(32)27(24)34-26(35)10-15-2-4-19(13-21(15)30)39-20-6-7-33-18(12-20)14-38-25-5-3-17(29)11-22(25)31/h2-9,11-13H,10,14H2,1H3,(H,36,37). The van der Waals surface area contributed by atoms with Crippen LogP contribution in [-0.4, -0.2) is 25.6 Å². The maximum Gasteiger partial charge on any atom is 0.335 e. The molecule has 0 aliphatic rings. The van der Waals surface area contributed by atoms with Crippen LogP contribution >= 0.6 is 11.6 Å². The van der Waals surface area contributed by atoms with Crippen molar-refractivity contribution in [2.75, 3.05) is 0 Å². The van der Waals surface area contributed by atoms with E-state index in [-0.39, 0.29) is 46.2 Å². The van der Waals surface area contributed by atoms with Gasteiger partial charge >= 0.3 is 5.97 Å². The number of hydrogen-bond acceptors (Lipinski definition) is 5. The molecule has 0 bridgehead atoms. The number of ether oxygens (including phenoxy) is 2. The summed E-state index contributed by atoms with van der Waals surface area (Å²) in [7, 11) is 1.61. The molecule has 0 amide bonds. The molecule has 39 heavy (non-hydrogen) atoms. The summed E-state index contributed by atoms with van der Waals surface area (Å²) in [6.07, 6.45) is 1.52. The largest absolute Gasteiger partial charge is 0.484 e. The molecule has 0 aliphatic carbocycles. The van der Waals surface area contributed by atoms with E-state index in [9.17, 15) is 23.1 Å². The first-order chi connectivity index (χ1) is 18.7. The second-order valence-electron chi connectivity index (χ2n) is 8.60. The van der Waals surface area contributed by atoms with E-state index in [2.05, 4.69) is 9.97 Å². The summed E-state index contributed by atoms with van der Waals surface area (Å²) in [5.74, 6) is -2.22. The lowest BCUT2D eigenvalue weighted by Crippen LogP contribution is -2.02. The fraction of sp³-hybridized carbons (Fsp3) is 0.107. The van der Waals surface area contributed by atoms with Crippen LogP contribution in [0.4, 0.5) is 13.2 Å². The van der Waals surface area contributed by atoms with Gasteiger partial charge in [-0.25, -0.2) is 22.9 Å². The number of halogens is 4. The van der Waals surface area contributed by atoms with E-state index in [1.807, 2.05) is 0 Å². The van der Waals surface area contributed by atoms with Crippen molar-refractivity contribution in [1.29, 1.82) is 0 Å². The number of rotatable bonds is 8. The van der Waals surface area contributed by atoms with Crippen LogP contribution in [0.5, 0.6) is 17.2 Å². The van der Waals surface area contributed by atoms with E-state index in [1.54, 1.807) is 25.2 Å². The van der Waals surface area contributed by atoms with Gasteiger partial charge in [0, 0.05) is 36.8 Å². The van der Waals surface area contributed by atoms with Gasteiger partial charge in [0.25, 0.3) is 0 Å². The number of carboxylic acids is 1. The van der Waals surface area contributed by atoms with Crippen molar-refractivity contribution in [1.82, 2.24) is 14.5 Å². The zero-order valence-corrected chi connectivity index (χ0v) is 21.0. The van der Waals surface area contributed by atoms with Gasteiger partial charge in [-0.2, -0.15) is 0 Å². The molecule has 0 saturated carbocycles. The van der Waals surface area contributed by atoms with E-state index in [4.69, 9.17) is 21.1 Å². The summed E-state index contributed by atoms with van der Waals surface area (Å²) in [5.41, 5.74) is 0.839. The smallest absolute Gasteiger partial charge is 0.335 e. The van der Waals surface area contributed by atoms with Crippen molar-refractivity contribution >= 4 is 28.6 Å². The molecule has 0 atom stereocenters. The van der Waals surface area contributed by atoms with Gasteiger partial charge in [-0.1, -0.05) is 17.7 Å². The Morgan fingerprint density at radius 3 is 2.51 bits per heavy atom. The highest BCUT2D eigenvalue weighted by Crippen LogP contribution is 2.27. The molecule has 0 aliphatic heterocycles. The zero-order chi connectivity index (χ0) is 27.7. The van der Waals surface area contributed by atoms with E-state index in [1.165, 1.54) is 41.1 Å². The molecule has 2 aromatic heterocycles. The van der Waals surface area contributed by atoms with Gasteiger partial charge in [-0.15, -0.1) is 0 Å². The lowest BCUT2D eigenvalue weighted by Gasteiger charge is -2.10. The first-order valence-electron chi connectivity index (χ1n) is 11.5. The summed E-state index contributed by atoms with van der Waals surface area (Å²) in [6, 6.07) is 13.8. The first kappa shape index (κ1) is 26.1. The molecule has 7 nitrogen and oxygen atoms in total. The predicted molar refractivity (Wildman–Crippen MR) is 137 cm³/mol. The highest BCUT2D eigenvalue weighted by atomic mass is 35.5. The Morgan fingerprint density at radius 2 is 1.77 bits per heavy atom. The van der Waals surface area contributed by atoms with Crippen LogP contribution in [-0.2, 0) is 20.1 Å². The monoisotopic (exact) mass is 553 g/mol. The highest BCUT2D eigenvalue weighted by molar-refractivity contribution is 6.30. The average Bonchev–Trinajstić information content (AvgIpc) is 3.21. The molecule has 0 spiro atoms. The van der Waals surface area contributed by atoms with Crippen LogP contribution in [0.3, 0.4) is 0 Å². The highest BCUT2D eigenvalue weighted by Gasteiger charge is 2.17. The molecule has 11 heteroatoms. The SMILES string of the molecule is Cn1c(Cc2ccc(Oc3ccnc(COc4ccc(Cl)cc4F)c3)cc2F)nc2c(F)cc(C(=O)O)cc21. The number of aryl methyl sites for hydroxylation is 1. The lowest BCUT2D eigenvalue weighted by molar-refractivity contribution is 0.0696. The van der Waals surface area contributed by atoms with E-state index in [0.29, 0.717) is 22.8 Å². The minimum absolute atomic E-state index is 0.00846. The number of carbonyl (C=O) groups is 1. The van der Waals surface area contributed by atoms with Crippen molar-refractivity contribution in [3.63, 3.8) is 0 Å². The summed E-state index contributed by atoms with van der Waals surface area (Å²) < 4.78 is 56.1. The van der Waals surface area contributed by atoms with Crippen molar-refractivity contribution in [2.24, 2.45) is 7.05 Å². The van der Waals surface area contributed by atoms with Crippen molar-refractivity contribution < 1.29 is 32.5 Å². The Bertz CT molecular complexity index is 1720. The molecule has 0 unspecified atom stereocenters. The molecule has 0 fully saturated rings. The van der Waals surface area contributed by atoms with Crippen LogP contribution in [0.1, 0.15) is 27.4 Å². The van der Waals surface area contributed by atoms with Gasteiger partial charge in [0.1, 0.15) is 35.3 Å². The molecular formula is C28H19ClF3N3O4. The minimum Gasteiger partial charge on any atom is -0.484 e. The van der Waals surface area contributed by atoms with Crippen LogP contribution in [0.15, 0.2) is 66.9 Å². The third-order valence-corrected chi connectivity index (χ3v) is 6.18. The number of imidazole rings is 1. The number of aromatic nitrogens is 3. The quantitative estimate of drug-likeness (QED) is 0.230. The van der Waals surface area contributed by atoms with Gasteiger partial charge in [-0.05, 0) is 48.0 Å². The number of fused-ring (bicyclic) bond motifs is 1. The number of pyridine rings is 1. The Hall–Kier alpha value is -4.57. The molecule has 5 aromatic rings. The fourth-order valence-electron chi connectivity index (χ4n) is 3.96. The molecule has 198 valence electrons. The number of carboxylic acid groups (broad SMARTS) is 1. The molecule has 1 N–H and O–H groups in total. The Morgan fingerprint density at radius 1 is 0.974 bits per heavy atom. The van der Waals surface area contributed by atoms with Gasteiger partial charge in [-0.3, -0.25) is 4.98 Å². The lowest BCUT2D eigenvalue weighted by atomic mass is 10.1. The van der Waals surface area contributed by atoms with Crippen LogP contribution in [0, 0.1) is 17.5 Å². The molecule has 2 heterocycles. The van der Waals surface area contributed by atoms with Crippen molar-refractivity contribution in [3.05, 3.63) is 112 Å². The molecule has 5 rings (SSSR count). The minimum atomic E-state index is -1.26. The zero-order valence-electron chi connectivity index (χ0n) is 20.3. The van der Waals surface area contributed by atoms with Crippen LogP contribution in [0.25, 0.3) is 11.0 Å². The first-order valence-corrected chi connectivity index (χ1v) is 11.9. The van der Waals surface area contributed by atoms with E-state index >= 15 is 0 Å². The average molecular weight is 554 g/mol. The Kier molecular flexibility index (Phi) is 7.12. The van der Waals surface area contributed by atoms with Crippen LogP contribution in [0.2, 0.25) is 5.02 Å². The topological polar surface area (TPSA) is 86.5 Å². The number of benzene rings is 3. The van der Waals surface area contributed by atoms with Gasteiger partial charge in [0.15, 0.2) is 17.4 Å². The summed E-state index contributed by atoms with van der Waals surface area (Å²) in [4.78, 5) is 19.7. The van der Waals surface area contributed by atoms with Gasteiger partial charge < -0.3 is 19.1 Å². The van der Waals surface area contributed by atoms with Crippen LogP contribution < -0.4 is 9.47 Å². The van der Waals surface area contributed by atoms with E-state index in [0.717, 1.165) is 12.1 Å². The molecule has 3 aromatic carbocycles. The second-order valence-corrected chi connectivity index (χ2v) is 9.03. The summed E-state index contributed by atoms with van der Waals surface area (Å²) in [5, 5.41) is 9.45. The van der Waals surface area contributed by atoms with Crippen molar-refractivity contribution in [2.45, 2.75) is 13.0 Å². The summed E-state index contributed by atoms with van der Waals surface area (Å²) in [6.45, 7) is -0.0321. The Labute approximate surface area is 225 Å². The molecule has 0 saturated heterocycles. The third kappa shape index (κ3) is 5.65. The maximum absolute atomic E-state index is 15.0. The fourth-order valence-corrected chi connectivity index (χ4v) is 4.12. The van der Waals surface area contributed by atoms with Gasteiger partial charge in [0.05, 0.1) is 16.8 Å². The normalized spacial score (nSPS) is 11.1. The Balaban J connectivity index is 1.30. The van der Waals surface area contributed by atoms with Crippen molar-refractivity contribution in [3.8, 4) is 17.2 Å². The third-order valence-electron chi connectivity index (χ3n) is 5.95. The maximum atomic E-state index is 15.0. The number of aromatic carboxylic acids is 1.